The number of benzene rings is 1. The summed E-state index contributed by atoms with van der Waals surface area (Å²) in [6.45, 7) is 1.92. The van der Waals surface area contributed by atoms with E-state index in [4.69, 9.17) is 9.47 Å². The average Bonchev–Trinajstić information content (AvgIpc) is 3.25. The first-order valence-electron chi connectivity index (χ1n) is 6.72. The zero-order valence-corrected chi connectivity index (χ0v) is 12.1. The van der Waals surface area contributed by atoms with Crippen LogP contribution in [-0.4, -0.2) is 37.9 Å². The molecule has 1 aromatic carbocycles. The molecule has 0 spiro atoms. The second-order valence-electron chi connectivity index (χ2n) is 5.21. The molecule has 0 saturated heterocycles. The Balaban J connectivity index is 2.20. The summed E-state index contributed by atoms with van der Waals surface area (Å²) in [5.74, 6) is 1.24. The van der Waals surface area contributed by atoms with Gasteiger partial charge in [0.2, 0.25) is 5.91 Å². The van der Waals surface area contributed by atoms with Crippen LogP contribution >= 0.6 is 0 Å². The highest BCUT2D eigenvalue weighted by atomic mass is 16.5. The van der Waals surface area contributed by atoms with Crippen molar-refractivity contribution in [3.8, 4) is 11.5 Å². The van der Waals surface area contributed by atoms with E-state index in [1.165, 1.54) is 0 Å². The van der Waals surface area contributed by atoms with Gasteiger partial charge in [0.05, 0.1) is 25.7 Å². The Hall–Kier alpha value is -1.75. The molecule has 0 aliphatic heterocycles. The number of ether oxygens (including phenoxy) is 2. The van der Waals surface area contributed by atoms with Crippen molar-refractivity contribution < 1.29 is 19.4 Å². The summed E-state index contributed by atoms with van der Waals surface area (Å²) in [6.07, 6.45) is 1.09. The molecule has 1 fully saturated rings. The van der Waals surface area contributed by atoms with Crippen molar-refractivity contribution in [1.82, 2.24) is 5.32 Å². The van der Waals surface area contributed by atoms with E-state index < -0.39 is 11.5 Å². The maximum atomic E-state index is 12.3. The van der Waals surface area contributed by atoms with E-state index in [-0.39, 0.29) is 12.5 Å². The zero-order valence-electron chi connectivity index (χ0n) is 12.1. The van der Waals surface area contributed by atoms with Crippen molar-refractivity contribution in [1.29, 1.82) is 0 Å². The monoisotopic (exact) mass is 279 g/mol. The minimum absolute atomic E-state index is 0.0365. The predicted molar refractivity (Wildman–Crippen MR) is 75.1 cm³/mol. The maximum Gasteiger partial charge on any atom is 0.230 e. The molecule has 1 amide bonds. The standard InChI is InChI=1S/C15H21NO4/c1-10(17)9-16-14(18)15(6-7-15)11-4-5-12(19-2)13(8-11)20-3/h4-5,8,10,17H,6-7,9H2,1-3H3,(H,16,18). The molecule has 2 rings (SSSR count). The number of amides is 1. The third kappa shape index (κ3) is 2.72. The quantitative estimate of drug-likeness (QED) is 0.822. The van der Waals surface area contributed by atoms with E-state index in [9.17, 15) is 9.90 Å². The van der Waals surface area contributed by atoms with E-state index in [0.717, 1.165) is 18.4 Å². The van der Waals surface area contributed by atoms with Crippen molar-refractivity contribution in [2.45, 2.75) is 31.3 Å². The van der Waals surface area contributed by atoms with Gasteiger partial charge in [-0.2, -0.15) is 0 Å². The maximum absolute atomic E-state index is 12.3. The fraction of sp³-hybridized carbons (Fsp3) is 0.533. The first-order valence-corrected chi connectivity index (χ1v) is 6.72. The SMILES string of the molecule is COc1ccc(C2(C(=O)NCC(C)O)CC2)cc1OC. The molecule has 0 bridgehead atoms. The molecule has 1 saturated carbocycles. The van der Waals surface area contributed by atoms with E-state index in [2.05, 4.69) is 5.32 Å². The predicted octanol–water partition coefficient (Wildman–Crippen LogP) is 1.23. The van der Waals surface area contributed by atoms with Gasteiger partial charge >= 0.3 is 0 Å². The average molecular weight is 279 g/mol. The van der Waals surface area contributed by atoms with Crippen molar-refractivity contribution >= 4 is 5.91 Å². The number of rotatable bonds is 6. The van der Waals surface area contributed by atoms with E-state index in [1.807, 2.05) is 18.2 Å². The smallest absolute Gasteiger partial charge is 0.230 e. The summed E-state index contributed by atoms with van der Waals surface area (Å²) in [4.78, 5) is 12.3. The number of aliphatic hydroxyl groups is 1. The van der Waals surface area contributed by atoms with Crippen molar-refractivity contribution in [2.75, 3.05) is 20.8 Å². The van der Waals surface area contributed by atoms with Gasteiger partial charge in [-0.25, -0.2) is 0 Å². The van der Waals surface area contributed by atoms with Crippen LogP contribution in [0.2, 0.25) is 0 Å². The van der Waals surface area contributed by atoms with Crippen LogP contribution in [0.3, 0.4) is 0 Å². The van der Waals surface area contributed by atoms with Crippen LogP contribution in [0.4, 0.5) is 0 Å². The van der Waals surface area contributed by atoms with Crippen LogP contribution in [0.25, 0.3) is 0 Å². The molecule has 1 unspecified atom stereocenters. The first kappa shape index (κ1) is 14.7. The Morgan fingerprint density at radius 2 is 2.00 bits per heavy atom. The second kappa shape index (κ2) is 5.71. The summed E-state index contributed by atoms with van der Waals surface area (Å²) in [5, 5.41) is 12.0. The number of hydrogen-bond donors (Lipinski definition) is 2. The van der Waals surface area contributed by atoms with Gasteiger partial charge in [-0.1, -0.05) is 6.07 Å². The molecule has 0 heterocycles. The molecule has 2 N–H and O–H groups in total. The lowest BCUT2D eigenvalue weighted by atomic mass is 9.94. The highest BCUT2D eigenvalue weighted by Gasteiger charge is 2.51. The molecule has 1 aromatic rings. The van der Waals surface area contributed by atoms with E-state index >= 15 is 0 Å². The van der Waals surface area contributed by atoms with Gasteiger partial charge in [0.25, 0.3) is 0 Å². The Bertz CT molecular complexity index is 495. The lowest BCUT2D eigenvalue weighted by Crippen LogP contribution is -2.38. The Labute approximate surface area is 118 Å². The summed E-state index contributed by atoms with van der Waals surface area (Å²) in [7, 11) is 3.16. The molecule has 0 radical (unpaired) electrons. The molecular weight excluding hydrogens is 258 g/mol. The number of nitrogens with one attached hydrogen (secondary N) is 1. The molecule has 5 heteroatoms. The van der Waals surface area contributed by atoms with Gasteiger partial charge in [0.15, 0.2) is 11.5 Å². The van der Waals surface area contributed by atoms with Gasteiger partial charge in [0.1, 0.15) is 0 Å². The normalized spacial score (nSPS) is 17.2. The molecular formula is C15H21NO4. The third-order valence-corrected chi connectivity index (χ3v) is 3.68. The van der Waals surface area contributed by atoms with Crippen molar-refractivity contribution in [2.24, 2.45) is 0 Å². The van der Waals surface area contributed by atoms with Crippen molar-refractivity contribution in [3.05, 3.63) is 23.8 Å². The lowest BCUT2D eigenvalue weighted by molar-refractivity contribution is -0.124. The number of aliphatic hydroxyl groups excluding tert-OH is 1. The van der Waals surface area contributed by atoms with Gasteiger partial charge < -0.3 is 19.9 Å². The van der Waals surface area contributed by atoms with Crippen LogP contribution in [0.15, 0.2) is 18.2 Å². The summed E-state index contributed by atoms with van der Waals surface area (Å²) >= 11 is 0. The highest BCUT2D eigenvalue weighted by molar-refractivity contribution is 5.91. The van der Waals surface area contributed by atoms with Crippen LogP contribution in [0.1, 0.15) is 25.3 Å². The lowest BCUT2D eigenvalue weighted by Gasteiger charge is -2.18. The largest absolute Gasteiger partial charge is 0.493 e. The van der Waals surface area contributed by atoms with E-state index in [0.29, 0.717) is 11.5 Å². The van der Waals surface area contributed by atoms with Gasteiger partial charge in [-0.3, -0.25) is 4.79 Å². The highest BCUT2D eigenvalue weighted by Crippen LogP contribution is 2.50. The van der Waals surface area contributed by atoms with E-state index in [1.54, 1.807) is 21.1 Å². The van der Waals surface area contributed by atoms with Crippen molar-refractivity contribution in [3.63, 3.8) is 0 Å². The Morgan fingerprint density at radius 1 is 1.35 bits per heavy atom. The van der Waals surface area contributed by atoms with Crippen LogP contribution < -0.4 is 14.8 Å². The van der Waals surface area contributed by atoms with Gasteiger partial charge in [0, 0.05) is 6.54 Å². The fourth-order valence-corrected chi connectivity index (χ4v) is 2.32. The van der Waals surface area contributed by atoms with Gasteiger partial charge in [-0.05, 0) is 37.5 Å². The third-order valence-electron chi connectivity index (χ3n) is 3.68. The van der Waals surface area contributed by atoms with Crippen LogP contribution in [-0.2, 0) is 10.2 Å². The molecule has 110 valence electrons. The molecule has 1 aliphatic rings. The van der Waals surface area contributed by atoms with Gasteiger partial charge in [-0.15, -0.1) is 0 Å². The van der Waals surface area contributed by atoms with Crippen LogP contribution in [0, 0.1) is 0 Å². The fourth-order valence-electron chi connectivity index (χ4n) is 2.32. The molecule has 5 nitrogen and oxygen atoms in total. The second-order valence-corrected chi connectivity index (χ2v) is 5.21. The zero-order chi connectivity index (χ0) is 14.8. The molecule has 1 atom stereocenters. The summed E-state index contributed by atoms with van der Waals surface area (Å²) < 4.78 is 10.5. The minimum Gasteiger partial charge on any atom is -0.493 e. The Morgan fingerprint density at radius 3 is 2.50 bits per heavy atom. The minimum atomic E-state index is -0.542. The molecule has 1 aliphatic carbocycles. The first-order chi connectivity index (χ1) is 9.53. The number of carbonyl (C=O) groups excluding carboxylic acids is 1. The molecule has 0 aromatic heterocycles. The van der Waals surface area contributed by atoms with Crippen LogP contribution in [0.5, 0.6) is 11.5 Å². The Kier molecular flexibility index (Phi) is 4.18. The number of methoxy groups -OCH3 is 2. The topological polar surface area (TPSA) is 67.8 Å². The number of hydrogen-bond acceptors (Lipinski definition) is 4. The summed E-state index contributed by atoms with van der Waals surface area (Å²) in [6, 6.07) is 5.57. The molecule has 20 heavy (non-hydrogen) atoms. The summed E-state index contributed by atoms with van der Waals surface area (Å²) in [5.41, 5.74) is 0.451. The number of carbonyl (C=O) groups is 1.